The smallest absolute Gasteiger partial charge is 0.331 e. The number of allylic oxidation sites excluding steroid dienone is 5. The van der Waals surface area contributed by atoms with E-state index >= 15 is 15.0 Å². The first-order chi connectivity index (χ1) is 33.8. The molecule has 11 heteroatoms. The van der Waals surface area contributed by atoms with Gasteiger partial charge in [0, 0.05) is 94.2 Å². The number of aliphatic hydroxyl groups excluding tert-OH is 1. The standard InChI is InChI=1S/C60H63N3O8/c1-31(50(67)68)38-17-23-54(63-51(61)62)24-25-56-43-36(30-64)12-9-20-55(56)29-40(65)45-49-57(69)28-37-27-34-15-16-39(59(38,70)48(43)54)42(34)46(56)60(37,71)58(49,55)21-8-4-7-19-52(2)41(66)18-22-53(45,3)47(52)44(57)35-14-13-32-10-5-6-11-33(32)26-35/h5-6,9-12,16,24-26,28,36,43-44,46-48,64,69-71H,8,13-15,17-23,27,29-30H2,1-3H3,(H,67,68)(H4,61,62,63). The number of benzene rings is 1. The molecule has 0 amide bonds. The molecule has 13 aliphatic carbocycles. The molecule has 4 saturated carbocycles. The number of nitrogens with two attached hydrogens (primary N) is 2. The zero-order chi connectivity index (χ0) is 49.4. The van der Waals surface area contributed by atoms with Crippen LogP contribution in [0.15, 0.2) is 116 Å². The zero-order valence-electron chi connectivity index (χ0n) is 40.8. The van der Waals surface area contributed by atoms with Crippen molar-refractivity contribution in [2.24, 2.45) is 79.0 Å². The molecule has 15 unspecified atom stereocenters. The summed E-state index contributed by atoms with van der Waals surface area (Å²) < 4.78 is 0. The average molecular weight is 954 g/mol. The highest BCUT2D eigenvalue weighted by molar-refractivity contribution is 6.03. The Balaban J connectivity index is 1.18. The third-order valence-corrected chi connectivity index (χ3v) is 22.6. The summed E-state index contributed by atoms with van der Waals surface area (Å²) in [5.74, 6) is 1.36. The van der Waals surface area contributed by atoms with Gasteiger partial charge in [-0.1, -0.05) is 85.7 Å². The summed E-state index contributed by atoms with van der Waals surface area (Å²) in [7, 11) is 0. The number of hydrogen-bond acceptors (Lipinski definition) is 8. The number of carbonyl (C=O) groups is 3. The van der Waals surface area contributed by atoms with Crippen molar-refractivity contribution in [2.75, 3.05) is 6.61 Å². The van der Waals surface area contributed by atoms with Crippen LogP contribution in [0.5, 0.6) is 0 Å². The molecule has 14 rings (SSSR count). The molecule has 15 atom stereocenters. The van der Waals surface area contributed by atoms with E-state index in [0.29, 0.717) is 66.4 Å². The first-order valence-electron chi connectivity index (χ1n) is 26.2. The normalized spacial score (nSPS) is 48.0. The minimum atomic E-state index is -1.97. The van der Waals surface area contributed by atoms with E-state index < -0.39 is 90.9 Å². The largest absolute Gasteiger partial charge is 0.478 e. The van der Waals surface area contributed by atoms with Crippen molar-refractivity contribution in [3.8, 4) is 11.8 Å². The average Bonchev–Trinajstić information content (AvgIpc) is 3.73. The fraction of sp³-hybridized carbons (Fsp3) is 0.533. The van der Waals surface area contributed by atoms with Crippen molar-refractivity contribution in [2.45, 2.75) is 127 Å². The summed E-state index contributed by atoms with van der Waals surface area (Å²) in [5.41, 5.74) is 8.15. The molecule has 3 spiro atoms. The van der Waals surface area contributed by atoms with Crippen molar-refractivity contribution < 1.29 is 39.9 Å². The summed E-state index contributed by atoms with van der Waals surface area (Å²) in [6, 6.07) is 8.37. The van der Waals surface area contributed by atoms with E-state index in [1.165, 1.54) is 5.56 Å². The van der Waals surface area contributed by atoms with E-state index in [4.69, 9.17) is 16.5 Å². The quantitative estimate of drug-likeness (QED) is 0.0577. The molecule has 11 nitrogen and oxygen atoms in total. The summed E-state index contributed by atoms with van der Waals surface area (Å²) in [6.07, 6.45) is 19.0. The van der Waals surface area contributed by atoms with Crippen LogP contribution in [0.1, 0.15) is 109 Å². The zero-order valence-corrected chi connectivity index (χ0v) is 40.8. The maximum absolute atomic E-state index is 16.7. The van der Waals surface area contributed by atoms with E-state index in [9.17, 15) is 24.9 Å². The van der Waals surface area contributed by atoms with E-state index in [1.54, 1.807) is 6.92 Å². The third kappa shape index (κ3) is 4.49. The number of rotatable bonds is 4. The molecule has 4 fully saturated rings. The van der Waals surface area contributed by atoms with E-state index in [0.717, 1.165) is 28.7 Å². The highest BCUT2D eigenvalue weighted by Crippen LogP contribution is 2.91. The highest BCUT2D eigenvalue weighted by Gasteiger charge is 2.92. The van der Waals surface area contributed by atoms with E-state index in [1.807, 2.05) is 37.3 Å². The second-order valence-corrected chi connectivity index (χ2v) is 24.7. The van der Waals surface area contributed by atoms with Gasteiger partial charge in [0.2, 0.25) is 0 Å². The second kappa shape index (κ2) is 13.4. The maximum atomic E-state index is 16.7. The fourth-order valence-electron chi connectivity index (χ4n) is 20.8. The number of hydrogen-bond donors (Lipinski definition) is 7. The number of Topliss-reactive ketones (excluding diaryl/α,β-unsaturated/α-hetero) is 2. The Labute approximate surface area is 414 Å². The van der Waals surface area contributed by atoms with Gasteiger partial charge in [0.15, 0.2) is 11.7 Å². The summed E-state index contributed by atoms with van der Waals surface area (Å²) in [6.45, 7) is 5.43. The van der Waals surface area contributed by atoms with Crippen molar-refractivity contribution in [3.63, 3.8) is 0 Å². The van der Waals surface area contributed by atoms with Crippen LogP contribution in [0.3, 0.4) is 0 Å². The lowest BCUT2D eigenvalue weighted by atomic mass is 9.32. The molecule has 0 radical (unpaired) electrons. The van der Waals surface area contributed by atoms with Gasteiger partial charge in [-0.25, -0.2) is 9.79 Å². The number of guanidine groups is 1. The number of aliphatic imine (C=N–C) groups is 1. The van der Waals surface area contributed by atoms with E-state index in [-0.39, 0.29) is 68.2 Å². The predicted molar refractivity (Wildman–Crippen MR) is 265 cm³/mol. The Morgan fingerprint density at radius 1 is 0.958 bits per heavy atom. The lowest BCUT2D eigenvalue weighted by Gasteiger charge is -2.71. The van der Waals surface area contributed by atoms with Gasteiger partial charge in [-0.3, -0.25) is 9.59 Å². The van der Waals surface area contributed by atoms with Crippen LogP contribution in [-0.4, -0.2) is 78.0 Å². The molecule has 0 heterocycles. The van der Waals surface area contributed by atoms with Crippen molar-refractivity contribution in [1.82, 2.24) is 0 Å². The number of aliphatic carboxylic acids is 1. The number of ketones is 2. The van der Waals surface area contributed by atoms with Gasteiger partial charge < -0.3 is 37.0 Å². The fourth-order valence-corrected chi connectivity index (χ4v) is 20.8. The van der Waals surface area contributed by atoms with Crippen LogP contribution in [0.4, 0.5) is 0 Å². The number of carboxylic acids is 1. The highest BCUT2D eigenvalue weighted by atomic mass is 16.4. The van der Waals surface area contributed by atoms with Crippen molar-refractivity contribution >= 4 is 29.6 Å². The number of fused-ring (bicyclic) bond motifs is 2. The molecule has 0 aromatic heterocycles. The number of nitrogens with zero attached hydrogens (tertiary/aromatic N) is 1. The van der Waals surface area contributed by atoms with Gasteiger partial charge in [-0.15, -0.1) is 11.8 Å². The van der Waals surface area contributed by atoms with Crippen LogP contribution in [0, 0.1) is 74.4 Å². The third-order valence-electron chi connectivity index (χ3n) is 22.6. The Morgan fingerprint density at radius 2 is 1.76 bits per heavy atom. The van der Waals surface area contributed by atoms with Crippen molar-refractivity contribution in [3.05, 3.63) is 122 Å². The SMILES string of the molecule is CC(C(=O)O)=C1CCC2(N=C(N)N)C=CC34C5C(CO)C=CCC36CC(=O)C3=C7C8(O)C=C9CC%10=C(C(=CC%10)C1(O)C52)C4C9(O)C76CCC#CCC1(C)C(=O)CCC3(C)C1C8C1=Cc2ccccc2CC1. The number of aliphatic hydroxyl groups is 4. The monoisotopic (exact) mass is 953 g/mol. The van der Waals surface area contributed by atoms with Gasteiger partial charge >= 0.3 is 5.97 Å². The summed E-state index contributed by atoms with van der Waals surface area (Å²) in [4.78, 5) is 50.0. The Morgan fingerprint density at radius 3 is 2.54 bits per heavy atom. The van der Waals surface area contributed by atoms with Gasteiger partial charge in [-0.2, -0.15) is 0 Å². The molecule has 13 aliphatic rings. The molecule has 366 valence electrons. The summed E-state index contributed by atoms with van der Waals surface area (Å²) in [5, 5.41) is 67.9. The Kier molecular flexibility index (Phi) is 8.38. The van der Waals surface area contributed by atoms with Gasteiger partial charge in [0.1, 0.15) is 22.6 Å². The minimum Gasteiger partial charge on any atom is -0.478 e. The van der Waals surface area contributed by atoms with Crippen LogP contribution in [-0.2, 0) is 20.8 Å². The molecular formula is C60H63N3O8. The predicted octanol–water partition coefficient (Wildman–Crippen LogP) is 6.44. The lowest BCUT2D eigenvalue weighted by molar-refractivity contribution is -0.178. The van der Waals surface area contributed by atoms with Crippen LogP contribution in [0.25, 0.3) is 6.08 Å². The molecular weight excluding hydrogens is 891 g/mol. The molecule has 9 N–H and O–H groups in total. The molecule has 1 aromatic carbocycles. The summed E-state index contributed by atoms with van der Waals surface area (Å²) >= 11 is 0. The van der Waals surface area contributed by atoms with Gasteiger partial charge in [0.25, 0.3) is 0 Å². The molecule has 71 heavy (non-hydrogen) atoms. The number of aryl methyl sites for hydroxylation is 1. The van der Waals surface area contributed by atoms with Crippen LogP contribution in [0.2, 0.25) is 0 Å². The van der Waals surface area contributed by atoms with E-state index in [2.05, 4.69) is 55.2 Å². The minimum absolute atomic E-state index is 0.00255. The van der Waals surface area contributed by atoms with Gasteiger partial charge in [-0.05, 0) is 122 Å². The topological polar surface area (TPSA) is 217 Å². The maximum Gasteiger partial charge on any atom is 0.331 e. The molecule has 0 saturated heterocycles. The number of carboxylic acid groups (broad SMARTS) is 1. The lowest BCUT2D eigenvalue weighted by Crippen LogP contribution is -2.73. The molecule has 0 aliphatic heterocycles. The van der Waals surface area contributed by atoms with Crippen LogP contribution < -0.4 is 11.5 Å². The van der Waals surface area contributed by atoms with Gasteiger partial charge in [0.05, 0.1) is 5.54 Å². The first kappa shape index (κ1) is 44.3. The second-order valence-electron chi connectivity index (χ2n) is 24.7. The van der Waals surface area contributed by atoms with Crippen LogP contribution >= 0.6 is 0 Å². The first-order valence-corrected chi connectivity index (χ1v) is 26.2. The van der Waals surface area contributed by atoms with Crippen molar-refractivity contribution in [1.29, 1.82) is 0 Å². The molecule has 8 bridgehead atoms. The molecule has 1 aromatic rings. The Hall–Kier alpha value is -5.38. The number of carbonyl (C=O) groups excluding carboxylic acids is 2. The Bertz CT molecular complexity index is 3190.